The minimum Gasteiger partial charge on any atom is -0.463 e. The smallest absolute Gasteiger partial charge is 0.409 e. The number of unbranched alkanes of at least 4 members (excludes halogenated alkanes) is 1. The van der Waals surface area contributed by atoms with Crippen LogP contribution in [-0.4, -0.2) is 147 Å². The molecule has 3 heterocycles. The van der Waals surface area contributed by atoms with Gasteiger partial charge in [-0.1, -0.05) is 57.5 Å². The minimum atomic E-state index is -4.29. The highest BCUT2D eigenvalue weighted by molar-refractivity contribution is 7.54. The Labute approximate surface area is 333 Å². The van der Waals surface area contributed by atoms with Crippen molar-refractivity contribution in [2.24, 2.45) is 0 Å². The van der Waals surface area contributed by atoms with Gasteiger partial charge in [0.2, 0.25) is 5.91 Å². The van der Waals surface area contributed by atoms with Crippen LogP contribution in [0, 0.1) is 0 Å². The topological polar surface area (TPSA) is 205 Å². The van der Waals surface area contributed by atoms with Crippen molar-refractivity contribution in [3.8, 4) is 11.4 Å². The predicted molar refractivity (Wildman–Crippen MR) is 208 cm³/mol. The van der Waals surface area contributed by atoms with Crippen LogP contribution in [0.3, 0.4) is 0 Å². The molecule has 0 bridgehead atoms. The van der Waals surface area contributed by atoms with Crippen LogP contribution >= 0.6 is 7.60 Å². The third kappa shape index (κ3) is 14.1. The molecule has 1 unspecified atom stereocenters. The monoisotopic (exact) mass is 818 g/mol. The second kappa shape index (κ2) is 22.9. The lowest BCUT2D eigenvalue weighted by Crippen LogP contribution is -2.57. The number of hydrogen-bond donors (Lipinski definition) is 1. The number of esters is 2. The molecule has 3 amide bonds. The molecule has 2 fully saturated rings. The van der Waals surface area contributed by atoms with Crippen LogP contribution < -0.4 is 10.2 Å². The fourth-order valence-electron chi connectivity index (χ4n) is 5.93. The first-order valence-electron chi connectivity index (χ1n) is 19.4. The Kier molecular flexibility index (Phi) is 18.1. The van der Waals surface area contributed by atoms with Crippen LogP contribution in [0.25, 0.3) is 11.4 Å². The van der Waals surface area contributed by atoms with Gasteiger partial charge in [-0.15, -0.1) is 0 Å². The van der Waals surface area contributed by atoms with Crippen LogP contribution in [0.15, 0.2) is 36.4 Å². The zero-order valence-electron chi connectivity index (χ0n) is 33.2. The van der Waals surface area contributed by atoms with Gasteiger partial charge in [-0.2, -0.15) is 0 Å². The van der Waals surface area contributed by atoms with Gasteiger partial charge in [0.15, 0.2) is 5.82 Å². The van der Waals surface area contributed by atoms with Crippen molar-refractivity contribution in [1.82, 2.24) is 25.1 Å². The van der Waals surface area contributed by atoms with E-state index in [2.05, 4.69) is 10.3 Å². The number of carbonyl (C=O) groups excluding carboxylic acids is 5. The lowest BCUT2D eigenvalue weighted by atomic mass is 10.2. The second-order valence-corrected chi connectivity index (χ2v) is 15.4. The van der Waals surface area contributed by atoms with Crippen molar-refractivity contribution in [1.29, 1.82) is 0 Å². The van der Waals surface area contributed by atoms with Gasteiger partial charge in [-0.25, -0.2) is 14.8 Å². The molecule has 0 saturated carbocycles. The molecule has 1 aromatic carbocycles. The second-order valence-electron chi connectivity index (χ2n) is 13.3. The molecule has 57 heavy (non-hydrogen) atoms. The average Bonchev–Trinajstić information content (AvgIpc) is 3.73. The zero-order valence-corrected chi connectivity index (χ0v) is 34.1. The first-order valence-corrected chi connectivity index (χ1v) is 21.1. The van der Waals surface area contributed by atoms with Gasteiger partial charge in [0.05, 0.1) is 32.1 Å². The molecule has 2 aromatic rings. The first-order chi connectivity index (χ1) is 27.5. The van der Waals surface area contributed by atoms with Crippen LogP contribution in [-0.2, 0) is 46.9 Å². The molecule has 0 aliphatic carbocycles. The van der Waals surface area contributed by atoms with Gasteiger partial charge in [0.1, 0.15) is 30.8 Å². The Bertz CT molecular complexity index is 1670. The maximum atomic E-state index is 14.4. The molecular formula is C38H55N6O12P. The molecule has 1 aromatic heterocycles. The molecule has 1 N–H and O–H groups in total. The van der Waals surface area contributed by atoms with Crippen molar-refractivity contribution >= 4 is 43.3 Å². The Morgan fingerprint density at radius 2 is 1.46 bits per heavy atom. The number of methoxy groups -OCH3 is 1. The molecule has 0 spiro atoms. The SMILES string of the molecule is CCCCOC(=O)N1CCN(C(=O)C(CP(=O)(OCCOC(=O)CC)OCCOC(=O)CC)NC(=O)c2cc(N3CC[C@H](OC)C3)nc(-c3ccccc3)n2)CC1. The Morgan fingerprint density at radius 3 is 2.04 bits per heavy atom. The summed E-state index contributed by atoms with van der Waals surface area (Å²) < 4.78 is 46.8. The summed E-state index contributed by atoms with van der Waals surface area (Å²) in [5.41, 5.74) is 0.611. The number of rotatable bonds is 21. The highest BCUT2D eigenvalue weighted by Crippen LogP contribution is 2.49. The van der Waals surface area contributed by atoms with E-state index in [-0.39, 0.29) is 89.7 Å². The highest BCUT2D eigenvalue weighted by atomic mass is 31.2. The van der Waals surface area contributed by atoms with Crippen molar-refractivity contribution in [3.05, 3.63) is 42.1 Å². The largest absolute Gasteiger partial charge is 0.463 e. The summed E-state index contributed by atoms with van der Waals surface area (Å²) in [5, 5.41) is 2.73. The highest BCUT2D eigenvalue weighted by Gasteiger charge is 2.38. The summed E-state index contributed by atoms with van der Waals surface area (Å²) in [4.78, 5) is 78.9. The minimum absolute atomic E-state index is 0.0248. The van der Waals surface area contributed by atoms with Crippen LogP contribution in [0.2, 0.25) is 0 Å². The molecule has 2 aliphatic heterocycles. The van der Waals surface area contributed by atoms with Gasteiger partial charge >= 0.3 is 25.6 Å². The number of benzene rings is 1. The summed E-state index contributed by atoms with van der Waals surface area (Å²) in [6, 6.07) is 9.17. The van der Waals surface area contributed by atoms with E-state index in [1.807, 2.05) is 42.2 Å². The van der Waals surface area contributed by atoms with E-state index in [1.54, 1.807) is 21.0 Å². The number of anilines is 1. The van der Waals surface area contributed by atoms with E-state index in [0.29, 0.717) is 24.5 Å². The fraction of sp³-hybridized carbons (Fsp3) is 0.605. The number of nitrogens with zero attached hydrogens (tertiary/aromatic N) is 5. The summed E-state index contributed by atoms with van der Waals surface area (Å²) >= 11 is 0. The van der Waals surface area contributed by atoms with Gasteiger partial charge in [0.25, 0.3) is 5.91 Å². The Balaban J connectivity index is 1.62. The molecule has 2 aliphatic rings. The molecule has 0 radical (unpaired) electrons. The van der Waals surface area contributed by atoms with Crippen molar-refractivity contribution in [3.63, 3.8) is 0 Å². The fourth-order valence-corrected chi connectivity index (χ4v) is 7.62. The number of hydrogen-bond acceptors (Lipinski definition) is 15. The van der Waals surface area contributed by atoms with E-state index >= 15 is 0 Å². The van der Waals surface area contributed by atoms with Gasteiger partial charge in [-0.05, 0) is 12.8 Å². The number of ether oxygens (including phenoxy) is 4. The standard InChI is InChI=1S/C38H55N6O12P/c1-5-8-20-54-38(49)43-18-16-42(17-19-43)37(48)31(27-57(50,55-23-21-52-33(45)6-2)56-24-22-53-34(46)7-3)40-36(47)30-25-32(44-15-14-29(26-44)51-4)41-35(39-30)28-12-10-9-11-13-28/h9-13,25,29,31H,5-8,14-24,26-27H2,1-4H3,(H,40,47)/t29-,31?/m0/s1. The number of nitrogens with one attached hydrogen (secondary N) is 1. The number of aromatic nitrogens is 2. The number of amides is 3. The third-order valence-corrected chi connectivity index (χ3v) is 11.2. The van der Waals surface area contributed by atoms with Crippen molar-refractivity contribution < 1.29 is 56.5 Å². The molecule has 4 rings (SSSR count). The maximum absolute atomic E-state index is 14.4. The molecule has 18 nitrogen and oxygen atoms in total. The van der Waals surface area contributed by atoms with Crippen LogP contribution in [0.4, 0.5) is 10.6 Å². The molecular weight excluding hydrogens is 763 g/mol. The third-order valence-electron chi connectivity index (χ3n) is 9.21. The van der Waals surface area contributed by atoms with Crippen LogP contribution in [0.5, 0.6) is 0 Å². The number of piperazine rings is 1. The predicted octanol–water partition coefficient (Wildman–Crippen LogP) is 3.68. The van der Waals surface area contributed by atoms with E-state index < -0.39 is 49.6 Å². The van der Waals surface area contributed by atoms with E-state index in [4.69, 9.17) is 33.0 Å². The average molecular weight is 819 g/mol. The van der Waals surface area contributed by atoms with Gasteiger partial charge < -0.3 is 48.0 Å². The van der Waals surface area contributed by atoms with E-state index in [9.17, 15) is 28.5 Å². The summed E-state index contributed by atoms with van der Waals surface area (Å²) in [6.07, 6.45) is 1.44. The Hall–Kier alpha value is -4.64. The van der Waals surface area contributed by atoms with Crippen molar-refractivity contribution in [2.75, 3.05) is 90.5 Å². The Morgan fingerprint density at radius 1 is 0.825 bits per heavy atom. The van der Waals surface area contributed by atoms with E-state index in [0.717, 1.165) is 19.3 Å². The lowest BCUT2D eigenvalue weighted by Gasteiger charge is -2.36. The first kappa shape index (κ1) is 45.1. The molecule has 314 valence electrons. The molecule has 2 atom stereocenters. The summed E-state index contributed by atoms with van der Waals surface area (Å²) in [5.74, 6) is -1.59. The number of carbonyl (C=O) groups is 5. The maximum Gasteiger partial charge on any atom is 0.409 e. The molecule has 2 saturated heterocycles. The summed E-state index contributed by atoms with van der Waals surface area (Å²) in [7, 11) is -2.65. The normalized spacial score (nSPS) is 16.2. The zero-order chi connectivity index (χ0) is 41.2. The van der Waals surface area contributed by atoms with Gasteiger partial charge in [0, 0.05) is 70.8 Å². The van der Waals surface area contributed by atoms with Crippen LogP contribution in [0.1, 0.15) is 63.4 Å². The van der Waals surface area contributed by atoms with Crippen molar-refractivity contribution in [2.45, 2.75) is 65.0 Å². The lowest BCUT2D eigenvalue weighted by molar-refractivity contribution is -0.144. The van der Waals surface area contributed by atoms with Gasteiger partial charge in [-0.3, -0.25) is 23.7 Å². The van der Waals surface area contributed by atoms with E-state index in [1.165, 1.54) is 15.9 Å². The molecule has 19 heteroatoms. The quantitative estimate of drug-likeness (QED) is 0.0826. The summed E-state index contributed by atoms with van der Waals surface area (Å²) in [6.45, 7) is 6.03.